The summed E-state index contributed by atoms with van der Waals surface area (Å²) in [6.45, 7) is 12.5. The van der Waals surface area contributed by atoms with E-state index < -0.39 is 11.4 Å². The molecule has 0 saturated carbocycles. The molecule has 3 heterocycles. The largest absolute Gasteiger partial charge is 0.492 e. The molecule has 266 valence electrons. The zero-order chi connectivity index (χ0) is 36.4. The van der Waals surface area contributed by atoms with E-state index in [1.807, 2.05) is 82.3 Å². The minimum atomic E-state index is -0.484. The van der Waals surface area contributed by atoms with Crippen LogP contribution in [0.5, 0.6) is 5.75 Å². The maximum atomic E-state index is 13.0. The van der Waals surface area contributed by atoms with Crippen molar-refractivity contribution in [2.75, 3.05) is 50.1 Å². The summed E-state index contributed by atoms with van der Waals surface area (Å²) < 4.78 is 12.9. The molecule has 2 amide bonds. The Labute approximate surface area is 302 Å². The zero-order valence-electron chi connectivity index (χ0n) is 29.4. The summed E-state index contributed by atoms with van der Waals surface area (Å²) in [7, 11) is 0. The number of aromatic nitrogens is 2. The van der Waals surface area contributed by atoms with Crippen molar-refractivity contribution in [3.63, 3.8) is 0 Å². The van der Waals surface area contributed by atoms with Gasteiger partial charge in [-0.15, -0.1) is 0 Å². The van der Waals surface area contributed by atoms with E-state index in [0.717, 1.165) is 49.0 Å². The third kappa shape index (κ3) is 11.1. The summed E-state index contributed by atoms with van der Waals surface area (Å²) in [4.78, 5) is 20.6. The van der Waals surface area contributed by atoms with Gasteiger partial charge in [0.15, 0.2) is 0 Å². The van der Waals surface area contributed by atoms with Crippen LogP contribution in [0.3, 0.4) is 0 Å². The minimum Gasteiger partial charge on any atom is -0.492 e. The molecule has 0 bridgehead atoms. The fourth-order valence-corrected chi connectivity index (χ4v) is 5.67. The molecule has 0 atom stereocenters. The summed E-state index contributed by atoms with van der Waals surface area (Å²) in [5, 5.41) is 35.3. The highest BCUT2D eigenvalue weighted by Gasteiger charge is 2.17. The normalized spacial score (nSPS) is 13.7. The number of urea groups is 1. The van der Waals surface area contributed by atoms with Crippen LogP contribution in [-0.2, 0) is 4.74 Å². The Morgan fingerprint density at radius 3 is 2.45 bits per heavy atom. The van der Waals surface area contributed by atoms with Crippen molar-refractivity contribution < 1.29 is 14.3 Å². The number of nitrogens with zero attached hydrogens (tertiary/aromatic N) is 3. The molecule has 0 radical (unpaired) electrons. The second-order valence-electron chi connectivity index (χ2n) is 13.1. The quantitative estimate of drug-likeness (QED) is 0.0718. The van der Waals surface area contributed by atoms with Gasteiger partial charge in [-0.2, -0.15) is 0 Å². The molecule has 0 aliphatic carbocycles. The second-order valence-corrected chi connectivity index (χ2v) is 14.2. The lowest BCUT2D eigenvalue weighted by molar-refractivity contribution is 0.0322. The van der Waals surface area contributed by atoms with Crippen LogP contribution >= 0.6 is 11.8 Å². The van der Waals surface area contributed by atoms with Crippen molar-refractivity contribution in [2.24, 2.45) is 5.41 Å². The fourth-order valence-electron chi connectivity index (χ4n) is 4.89. The van der Waals surface area contributed by atoms with Gasteiger partial charge in [-0.05, 0) is 55.5 Å². The molecule has 1 saturated heterocycles. The van der Waals surface area contributed by atoms with Crippen LogP contribution in [0.4, 0.5) is 16.2 Å². The SMILES string of the molecule is Cc1ccc(N/C(=C\C(=N)C(C)(C)C)NC(=O)Nc2ccc(Sc3ccc(=N)n(C(=N)c4cccc(OCCN5CCOCC5)c4)c3)nc2)cc1. The molecule has 1 fully saturated rings. The molecule has 4 aromatic rings. The lowest BCUT2D eigenvalue weighted by Crippen LogP contribution is -2.38. The minimum absolute atomic E-state index is 0.155. The number of hydrogen-bond acceptors (Lipinski definition) is 10. The number of morpholine rings is 1. The molecule has 12 nitrogen and oxygen atoms in total. The van der Waals surface area contributed by atoms with E-state index in [9.17, 15) is 4.79 Å². The molecule has 0 spiro atoms. The fraction of sp³-hybridized carbons (Fsp3) is 0.289. The van der Waals surface area contributed by atoms with Crippen LogP contribution in [0.15, 0.2) is 107 Å². The number of anilines is 2. The standard InChI is InChI=1S/C38H45N9O3S/c1-26-8-10-28(11-9-26)43-34(23-32(39)38(2,3)4)45-37(48)44-29-12-15-35(42-24-29)51-31-13-14-33(40)47(25-31)36(41)27-6-5-7-30(22-27)50-21-18-46-16-19-49-20-17-46/h5-15,22-25,39-41,43H,16-21H2,1-4H3,(H2,44,45,48)/b34-23+,39-32?,40-33?,41-36?. The summed E-state index contributed by atoms with van der Waals surface area (Å²) in [5.74, 6) is 1.20. The molecule has 1 aliphatic heterocycles. The molecule has 2 aromatic carbocycles. The van der Waals surface area contributed by atoms with E-state index in [4.69, 9.17) is 25.7 Å². The Balaban J connectivity index is 1.20. The van der Waals surface area contributed by atoms with E-state index in [2.05, 4.69) is 25.8 Å². The number of allylic oxidation sites excluding steroid dienone is 1. The number of hydrogen-bond donors (Lipinski definition) is 6. The van der Waals surface area contributed by atoms with Gasteiger partial charge < -0.3 is 25.5 Å². The van der Waals surface area contributed by atoms with E-state index in [0.29, 0.717) is 40.2 Å². The Kier molecular flexibility index (Phi) is 12.4. The van der Waals surface area contributed by atoms with E-state index >= 15 is 0 Å². The molecule has 51 heavy (non-hydrogen) atoms. The first kappa shape index (κ1) is 37.0. The number of amides is 2. The average Bonchev–Trinajstić information content (AvgIpc) is 3.11. The highest BCUT2D eigenvalue weighted by atomic mass is 32.2. The topological polar surface area (TPSA) is 164 Å². The van der Waals surface area contributed by atoms with Crippen molar-refractivity contribution in [1.82, 2.24) is 19.8 Å². The van der Waals surface area contributed by atoms with Gasteiger partial charge >= 0.3 is 6.03 Å². The third-order valence-corrected chi connectivity index (χ3v) is 8.87. The van der Waals surface area contributed by atoms with Gasteiger partial charge in [-0.1, -0.05) is 62.4 Å². The number of carbonyl (C=O) groups is 1. The Morgan fingerprint density at radius 2 is 1.75 bits per heavy atom. The lowest BCUT2D eigenvalue weighted by Gasteiger charge is -2.26. The molecule has 0 unspecified atom stereocenters. The maximum absolute atomic E-state index is 13.0. The first-order valence-electron chi connectivity index (χ1n) is 16.7. The third-order valence-electron chi connectivity index (χ3n) is 7.94. The van der Waals surface area contributed by atoms with Gasteiger partial charge in [-0.3, -0.25) is 25.6 Å². The van der Waals surface area contributed by atoms with Crippen molar-refractivity contribution in [1.29, 1.82) is 16.2 Å². The van der Waals surface area contributed by atoms with E-state index in [1.54, 1.807) is 36.7 Å². The number of benzene rings is 2. The highest BCUT2D eigenvalue weighted by molar-refractivity contribution is 7.99. The Bertz CT molecular complexity index is 1930. The highest BCUT2D eigenvalue weighted by Crippen LogP contribution is 2.26. The molecule has 13 heteroatoms. The summed E-state index contributed by atoms with van der Waals surface area (Å²) in [6.07, 6.45) is 4.92. The summed E-state index contributed by atoms with van der Waals surface area (Å²) >= 11 is 1.38. The van der Waals surface area contributed by atoms with Crippen molar-refractivity contribution >= 4 is 40.7 Å². The van der Waals surface area contributed by atoms with Crippen molar-refractivity contribution in [3.05, 3.63) is 114 Å². The van der Waals surface area contributed by atoms with Crippen LogP contribution in [0.2, 0.25) is 0 Å². The predicted octanol–water partition coefficient (Wildman–Crippen LogP) is 6.55. The second kappa shape index (κ2) is 17.1. The van der Waals surface area contributed by atoms with E-state index in [-0.39, 0.29) is 11.3 Å². The number of rotatable bonds is 12. The van der Waals surface area contributed by atoms with Crippen molar-refractivity contribution in [2.45, 2.75) is 37.6 Å². The molecule has 5 rings (SSSR count). The molecule has 6 N–H and O–H groups in total. The van der Waals surface area contributed by atoms with Gasteiger partial charge in [0.05, 0.1) is 25.1 Å². The molecular formula is C38H45N9O3S. The average molecular weight is 708 g/mol. The predicted molar refractivity (Wildman–Crippen MR) is 202 cm³/mol. The zero-order valence-corrected chi connectivity index (χ0v) is 30.2. The Hall–Kier alpha value is -5.24. The summed E-state index contributed by atoms with van der Waals surface area (Å²) in [5.41, 5.74) is 3.14. The van der Waals surface area contributed by atoms with Gasteiger partial charge in [0.25, 0.3) is 0 Å². The number of ether oxygens (including phenoxy) is 2. The van der Waals surface area contributed by atoms with Gasteiger partial charge in [0.1, 0.15) is 34.5 Å². The maximum Gasteiger partial charge on any atom is 0.324 e. The number of nitrogens with one attached hydrogen (secondary N) is 6. The van der Waals surface area contributed by atoms with Crippen LogP contribution in [0.25, 0.3) is 0 Å². The molecule has 1 aliphatic rings. The van der Waals surface area contributed by atoms with Crippen molar-refractivity contribution in [3.8, 4) is 5.75 Å². The lowest BCUT2D eigenvalue weighted by atomic mass is 9.90. The molecule has 2 aromatic heterocycles. The molecular weight excluding hydrogens is 663 g/mol. The monoisotopic (exact) mass is 707 g/mol. The van der Waals surface area contributed by atoms with Crippen LogP contribution < -0.4 is 26.2 Å². The van der Waals surface area contributed by atoms with Crippen LogP contribution in [-0.4, -0.2) is 71.5 Å². The van der Waals surface area contributed by atoms with Crippen LogP contribution in [0.1, 0.15) is 31.9 Å². The number of carbonyl (C=O) groups excluding carboxylic acids is 1. The van der Waals surface area contributed by atoms with Gasteiger partial charge in [0.2, 0.25) is 0 Å². The van der Waals surface area contributed by atoms with Gasteiger partial charge in [-0.25, -0.2) is 9.78 Å². The Morgan fingerprint density at radius 1 is 1.00 bits per heavy atom. The number of aryl methyl sites for hydroxylation is 1. The smallest absolute Gasteiger partial charge is 0.324 e. The first-order valence-corrected chi connectivity index (χ1v) is 17.5. The van der Waals surface area contributed by atoms with Crippen LogP contribution in [0, 0.1) is 28.6 Å². The summed E-state index contributed by atoms with van der Waals surface area (Å²) in [6, 6.07) is 21.7. The van der Waals surface area contributed by atoms with Gasteiger partial charge in [0, 0.05) is 59.2 Å². The first-order chi connectivity index (χ1) is 24.4. The van der Waals surface area contributed by atoms with E-state index in [1.165, 1.54) is 16.3 Å². The number of pyridine rings is 2.